The van der Waals surface area contributed by atoms with Crippen molar-refractivity contribution in [2.75, 3.05) is 7.11 Å². The van der Waals surface area contributed by atoms with Crippen LogP contribution in [0.25, 0.3) is 0 Å². The van der Waals surface area contributed by atoms with Crippen LogP contribution in [0.3, 0.4) is 0 Å². The molecule has 0 aliphatic carbocycles. The second-order valence-corrected chi connectivity index (χ2v) is 5.24. The number of carbonyl (C=O) groups excluding carboxylic acids is 1. The summed E-state index contributed by atoms with van der Waals surface area (Å²) in [4.78, 5) is 12.3. The Balaban J connectivity index is 0.00000154. The zero-order valence-electron chi connectivity index (χ0n) is 12.4. The van der Waals surface area contributed by atoms with Crippen molar-refractivity contribution in [3.8, 4) is 6.07 Å². The summed E-state index contributed by atoms with van der Waals surface area (Å²) in [6, 6.07) is 6.30. The van der Waals surface area contributed by atoms with E-state index in [9.17, 15) is 10.1 Å². The fourth-order valence-electron chi connectivity index (χ4n) is 1.87. The number of methoxy groups -OCH3 is 1. The fourth-order valence-corrected chi connectivity index (χ4v) is 2.92. The van der Waals surface area contributed by atoms with Gasteiger partial charge in [0.15, 0.2) is 0 Å². The highest BCUT2D eigenvalue weighted by molar-refractivity contribution is 7.10. The van der Waals surface area contributed by atoms with Crippen LogP contribution in [0.5, 0.6) is 0 Å². The molecule has 106 valence electrons. The summed E-state index contributed by atoms with van der Waals surface area (Å²) in [7, 11) is 1.37. The normalized spacial score (nSPS) is 12.9. The minimum absolute atomic E-state index is 0.163. The molecule has 1 aromatic rings. The molecule has 0 bridgehead atoms. The zero-order valence-corrected chi connectivity index (χ0v) is 13.2. The topological polar surface area (TPSA) is 50.1 Å². The number of hydrogen-bond acceptors (Lipinski definition) is 4. The molecule has 0 radical (unpaired) electrons. The van der Waals surface area contributed by atoms with Crippen LogP contribution >= 0.6 is 11.3 Å². The maximum Gasteiger partial charge on any atom is 0.305 e. The SMILES string of the molecule is CC.COC(=O)CCC(C#N)(c1cccs1)C(C)C. The molecule has 0 N–H and O–H groups in total. The van der Waals surface area contributed by atoms with E-state index in [1.165, 1.54) is 7.11 Å². The molecule has 19 heavy (non-hydrogen) atoms. The summed E-state index contributed by atoms with van der Waals surface area (Å²) >= 11 is 1.57. The molecule has 0 aromatic carbocycles. The Morgan fingerprint density at radius 3 is 2.53 bits per heavy atom. The highest BCUT2D eigenvalue weighted by Gasteiger charge is 2.37. The van der Waals surface area contributed by atoms with Gasteiger partial charge in [-0.05, 0) is 23.8 Å². The molecule has 1 rings (SSSR count). The molecule has 0 fully saturated rings. The number of esters is 1. The largest absolute Gasteiger partial charge is 0.469 e. The molecule has 0 saturated heterocycles. The van der Waals surface area contributed by atoms with Gasteiger partial charge in [0.05, 0.1) is 18.6 Å². The van der Waals surface area contributed by atoms with Crippen molar-refractivity contribution in [2.24, 2.45) is 5.92 Å². The Bertz CT molecular complexity index is 406. The summed E-state index contributed by atoms with van der Waals surface area (Å²) in [5.41, 5.74) is -0.581. The van der Waals surface area contributed by atoms with Gasteiger partial charge < -0.3 is 4.74 Å². The van der Waals surface area contributed by atoms with Crippen molar-refractivity contribution in [1.82, 2.24) is 0 Å². The van der Waals surface area contributed by atoms with Gasteiger partial charge in [-0.3, -0.25) is 4.79 Å². The second kappa shape index (κ2) is 8.71. The Morgan fingerprint density at radius 1 is 1.53 bits per heavy atom. The number of nitriles is 1. The highest BCUT2D eigenvalue weighted by Crippen LogP contribution is 2.38. The summed E-state index contributed by atoms with van der Waals surface area (Å²) < 4.78 is 4.64. The molecule has 1 atom stereocenters. The van der Waals surface area contributed by atoms with Crippen molar-refractivity contribution in [1.29, 1.82) is 5.26 Å². The maximum atomic E-state index is 11.2. The van der Waals surface area contributed by atoms with Crippen LogP contribution in [-0.4, -0.2) is 13.1 Å². The molecule has 1 aromatic heterocycles. The maximum absolute atomic E-state index is 11.2. The molecule has 4 heteroatoms. The van der Waals surface area contributed by atoms with Gasteiger partial charge in [0.25, 0.3) is 0 Å². The van der Waals surface area contributed by atoms with Gasteiger partial charge in [-0.15, -0.1) is 11.3 Å². The molecule has 3 nitrogen and oxygen atoms in total. The van der Waals surface area contributed by atoms with Gasteiger partial charge in [-0.2, -0.15) is 5.26 Å². The number of ether oxygens (including phenoxy) is 1. The van der Waals surface area contributed by atoms with E-state index in [0.29, 0.717) is 6.42 Å². The van der Waals surface area contributed by atoms with Gasteiger partial charge in [-0.25, -0.2) is 0 Å². The monoisotopic (exact) mass is 281 g/mol. The van der Waals surface area contributed by atoms with E-state index < -0.39 is 5.41 Å². The van der Waals surface area contributed by atoms with Gasteiger partial charge in [0.1, 0.15) is 0 Å². The third kappa shape index (κ3) is 4.36. The quantitative estimate of drug-likeness (QED) is 0.762. The molecule has 0 amide bonds. The van der Waals surface area contributed by atoms with Crippen molar-refractivity contribution < 1.29 is 9.53 Å². The van der Waals surface area contributed by atoms with Crippen molar-refractivity contribution in [2.45, 2.75) is 46.0 Å². The van der Waals surface area contributed by atoms with Crippen molar-refractivity contribution in [3.05, 3.63) is 22.4 Å². The van der Waals surface area contributed by atoms with Gasteiger partial charge in [0, 0.05) is 11.3 Å². The van der Waals surface area contributed by atoms with Crippen LogP contribution < -0.4 is 0 Å². The van der Waals surface area contributed by atoms with Crippen LogP contribution in [0.1, 0.15) is 45.4 Å². The lowest BCUT2D eigenvalue weighted by Crippen LogP contribution is -2.30. The van der Waals surface area contributed by atoms with Crippen LogP contribution in [-0.2, 0) is 14.9 Å². The number of nitrogens with zero attached hydrogens (tertiary/aromatic N) is 1. The van der Waals surface area contributed by atoms with E-state index in [4.69, 9.17) is 0 Å². The Hall–Kier alpha value is -1.34. The lowest BCUT2D eigenvalue weighted by Gasteiger charge is -2.29. The van der Waals surface area contributed by atoms with E-state index in [1.807, 2.05) is 45.2 Å². The third-order valence-electron chi connectivity index (χ3n) is 3.10. The highest BCUT2D eigenvalue weighted by atomic mass is 32.1. The predicted molar refractivity (Wildman–Crippen MR) is 79.0 cm³/mol. The predicted octanol–water partition coefficient (Wildman–Crippen LogP) is 4.14. The first-order chi connectivity index (χ1) is 9.06. The molecule has 0 spiro atoms. The Labute approximate surface area is 120 Å². The number of hydrogen-bond donors (Lipinski definition) is 0. The zero-order chi connectivity index (χ0) is 14.9. The van der Waals surface area contributed by atoms with E-state index >= 15 is 0 Å². The average Bonchev–Trinajstić information content (AvgIpc) is 2.96. The standard InChI is InChI=1S/C13H17NO2S.C2H6/c1-10(2)13(9-14,7-6-12(15)16-3)11-5-4-8-17-11;1-2/h4-5,8,10H,6-7H2,1-3H3;1-2H3. The second-order valence-electron chi connectivity index (χ2n) is 4.29. The van der Waals surface area contributed by atoms with Crippen LogP contribution in [0.15, 0.2) is 17.5 Å². The minimum atomic E-state index is -0.581. The number of carbonyl (C=O) groups is 1. The molecule has 0 aliphatic rings. The summed E-state index contributed by atoms with van der Waals surface area (Å²) in [5, 5.41) is 11.5. The molecule has 1 unspecified atom stereocenters. The summed E-state index contributed by atoms with van der Waals surface area (Å²) in [5.74, 6) is -0.0994. The van der Waals surface area contributed by atoms with Crippen molar-refractivity contribution in [3.63, 3.8) is 0 Å². The van der Waals surface area contributed by atoms with E-state index in [2.05, 4.69) is 10.8 Å². The minimum Gasteiger partial charge on any atom is -0.469 e. The van der Waals surface area contributed by atoms with Crippen LogP contribution in [0.2, 0.25) is 0 Å². The summed E-state index contributed by atoms with van der Waals surface area (Å²) in [6.45, 7) is 8.03. The Morgan fingerprint density at radius 2 is 2.16 bits per heavy atom. The van der Waals surface area contributed by atoms with E-state index in [-0.39, 0.29) is 18.3 Å². The van der Waals surface area contributed by atoms with E-state index in [1.54, 1.807) is 11.3 Å². The molecular weight excluding hydrogens is 258 g/mol. The third-order valence-corrected chi connectivity index (χ3v) is 4.14. The van der Waals surface area contributed by atoms with Gasteiger partial charge in [0.2, 0.25) is 0 Å². The molecular formula is C15H23NO2S. The van der Waals surface area contributed by atoms with Crippen LogP contribution in [0, 0.1) is 17.2 Å². The first kappa shape index (κ1) is 17.7. The lowest BCUT2D eigenvalue weighted by atomic mass is 9.74. The summed E-state index contributed by atoms with van der Waals surface area (Å²) in [6.07, 6.45) is 0.786. The first-order valence-electron chi connectivity index (χ1n) is 6.59. The average molecular weight is 281 g/mol. The fraction of sp³-hybridized carbons (Fsp3) is 0.600. The van der Waals surface area contributed by atoms with Gasteiger partial charge >= 0.3 is 5.97 Å². The molecule has 1 heterocycles. The molecule has 0 aliphatic heterocycles. The Kier molecular flexibility index (Phi) is 8.09. The van der Waals surface area contributed by atoms with Crippen LogP contribution in [0.4, 0.5) is 0 Å². The van der Waals surface area contributed by atoms with E-state index in [0.717, 1.165) is 4.88 Å². The first-order valence-corrected chi connectivity index (χ1v) is 7.47. The van der Waals surface area contributed by atoms with Crippen molar-refractivity contribution >= 4 is 17.3 Å². The number of thiophene rings is 1. The smallest absolute Gasteiger partial charge is 0.305 e. The molecule has 0 saturated carbocycles. The lowest BCUT2D eigenvalue weighted by molar-refractivity contribution is -0.141. The number of rotatable bonds is 5. The van der Waals surface area contributed by atoms with Gasteiger partial charge in [-0.1, -0.05) is 33.8 Å².